The van der Waals surface area contributed by atoms with Crippen LogP contribution in [0.1, 0.15) is 16.2 Å². The van der Waals surface area contributed by atoms with Crippen LogP contribution in [0.3, 0.4) is 0 Å². The lowest BCUT2D eigenvalue weighted by molar-refractivity contribution is -0.144. The van der Waals surface area contributed by atoms with Crippen molar-refractivity contribution in [2.24, 2.45) is 0 Å². The largest absolute Gasteiger partial charge is 0.435 e. The molecule has 0 saturated carbocycles. The predicted octanol–water partition coefficient (Wildman–Crippen LogP) is 0.756. The van der Waals surface area contributed by atoms with Crippen molar-refractivity contribution >= 4 is 6.29 Å². The molecule has 15 heavy (non-hydrogen) atoms. The van der Waals surface area contributed by atoms with E-state index in [1.54, 1.807) is 0 Å². The minimum Gasteiger partial charge on any atom is -0.383 e. The van der Waals surface area contributed by atoms with Gasteiger partial charge in [0.05, 0.1) is 13.2 Å². The highest BCUT2D eigenvalue weighted by atomic mass is 19.4. The maximum Gasteiger partial charge on any atom is 0.435 e. The maximum absolute atomic E-state index is 12.5. The quantitative estimate of drug-likeness (QED) is 0.707. The van der Waals surface area contributed by atoms with Gasteiger partial charge in [-0.15, -0.1) is 5.10 Å². The molecule has 0 aliphatic rings. The summed E-state index contributed by atoms with van der Waals surface area (Å²) in [5.41, 5.74) is -1.85. The molecule has 0 aliphatic heterocycles. The van der Waals surface area contributed by atoms with Gasteiger partial charge in [0.15, 0.2) is 17.7 Å². The molecule has 0 fully saturated rings. The molecule has 1 heterocycles. The molecule has 0 aromatic carbocycles. The van der Waals surface area contributed by atoms with E-state index < -0.39 is 17.6 Å². The van der Waals surface area contributed by atoms with Crippen molar-refractivity contribution in [2.75, 3.05) is 13.7 Å². The SMILES string of the molecule is COCCn1nnc(C=O)c1C(F)(F)F. The smallest absolute Gasteiger partial charge is 0.383 e. The zero-order valence-corrected chi connectivity index (χ0v) is 7.78. The molecule has 84 valence electrons. The fraction of sp³-hybridized carbons (Fsp3) is 0.571. The number of hydrogen-bond donors (Lipinski definition) is 0. The first-order chi connectivity index (χ1) is 7.00. The molecule has 0 saturated heterocycles. The molecule has 1 aromatic rings. The molecule has 0 atom stereocenters. The number of aldehydes is 1. The zero-order valence-electron chi connectivity index (χ0n) is 7.78. The van der Waals surface area contributed by atoms with Crippen molar-refractivity contribution in [1.82, 2.24) is 15.0 Å². The average molecular weight is 223 g/mol. The standard InChI is InChI=1S/C7H8F3N3O2/c1-15-3-2-13-6(7(8,9)10)5(4-14)11-12-13/h4H,2-3H2,1H3. The van der Waals surface area contributed by atoms with E-state index in [1.807, 2.05) is 0 Å². The predicted molar refractivity (Wildman–Crippen MR) is 42.3 cm³/mol. The molecule has 8 heteroatoms. The van der Waals surface area contributed by atoms with Crippen LogP contribution in [0.4, 0.5) is 13.2 Å². The summed E-state index contributed by atoms with van der Waals surface area (Å²) < 4.78 is 42.6. The van der Waals surface area contributed by atoms with E-state index in [9.17, 15) is 18.0 Å². The van der Waals surface area contributed by atoms with Gasteiger partial charge in [-0.3, -0.25) is 4.79 Å². The van der Waals surface area contributed by atoms with Crippen LogP contribution in [-0.4, -0.2) is 35.0 Å². The number of methoxy groups -OCH3 is 1. The van der Waals surface area contributed by atoms with Crippen molar-refractivity contribution < 1.29 is 22.7 Å². The number of nitrogens with zero attached hydrogens (tertiary/aromatic N) is 3. The normalized spacial score (nSPS) is 11.7. The summed E-state index contributed by atoms with van der Waals surface area (Å²) in [6, 6.07) is 0. The Morgan fingerprint density at radius 3 is 2.67 bits per heavy atom. The fourth-order valence-corrected chi connectivity index (χ4v) is 1.03. The van der Waals surface area contributed by atoms with Crippen molar-refractivity contribution in [3.8, 4) is 0 Å². The Kier molecular flexibility index (Phi) is 3.40. The summed E-state index contributed by atoms with van der Waals surface area (Å²) in [6.07, 6.45) is -4.62. The van der Waals surface area contributed by atoms with Gasteiger partial charge in [0, 0.05) is 7.11 Å². The van der Waals surface area contributed by atoms with Crippen LogP contribution in [-0.2, 0) is 17.5 Å². The molecular formula is C7H8F3N3O2. The lowest BCUT2D eigenvalue weighted by atomic mass is 10.3. The van der Waals surface area contributed by atoms with Gasteiger partial charge in [-0.2, -0.15) is 13.2 Å². The van der Waals surface area contributed by atoms with Gasteiger partial charge in [-0.25, -0.2) is 4.68 Å². The number of halogens is 3. The van der Waals surface area contributed by atoms with E-state index in [-0.39, 0.29) is 19.4 Å². The van der Waals surface area contributed by atoms with Crippen molar-refractivity contribution in [3.63, 3.8) is 0 Å². The van der Waals surface area contributed by atoms with Gasteiger partial charge < -0.3 is 4.74 Å². The number of rotatable bonds is 4. The highest BCUT2D eigenvalue weighted by molar-refractivity contribution is 5.73. The lowest BCUT2D eigenvalue weighted by Crippen LogP contribution is -2.18. The molecule has 1 rings (SSSR count). The molecule has 0 amide bonds. The summed E-state index contributed by atoms with van der Waals surface area (Å²) in [4.78, 5) is 10.3. The molecule has 0 unspecified atom stereocenters. The molecule has 5 nitrogen and oxygen atoms in total. The Bertz CT molecular complexity index is 348. The van der Waals surface area contributed by atoms with Crippen molar-refractivity contribution in [3.05, 3.63) is 11.4 Å². The Balaban J connectivity index is 3.06. The third-order valence-electron chi connectivity index (χ3n) is 1.65. The third kappa shape index (κ3) is 2.52. The van der Waals surface area contributed by atoms with Gasteiger partial charge >= 0.3 is 6.18 Å². The highest BCUT2D eigenvalue weighted by Crippen LogP contribution is 2.30. The van der Waals surface area contributed by atoms with E-state index in [1.165, 1.54) is 7.11 Å². The molecule has 0 radical (unpaired) electrons. The average Bonchev–Trinajstić information content (AvgIpc) is 2.56. The fourth-order valence-electron chi connectivity index (χ4n) is 1.03. The minimum atomic E-state index is -4.65. The summed E-state index contributed by atoms with van der Waals surface area (Å²) in [6.45, 7) is -0.0447. The van der Waals surface area contributed by atoms with E-state index in [2.05, 4.69) is 15.0 Å². The summed E-state index contributed by atoms with van der Waals surface area (Å²) in [5.74, 6) is 0. The van der Waals surface area contributed by atoms with Crippen LogP contribution in [0.5, 0.6) is 0 Å². The van der Waals surface area contributed by atoms with Gasteiger partial charge in [0.2, 0.25) is 0 Å². The first-order valence-corrected chi connectivity index (χ1v) is 3.95. The summed E-state index contributed by atoms with van der Waals surface area (Å²) >= 11 is 0. The lowest BCUT2D eigenvalue weighted by Gasteiger charge is -2.08. The number of alkyl halides is 3. The van der Waals surface area contributed by atoms with Crippen LogP contribution in [0.2, 0.25) is 0 Å². The second-order valence-corrected chi connectivity index (χ2v) is 2.65. The van der Waals surface area contributed by atoms with Crippen molar-refractivity contribution in [1.29, 1.82) is 0 Å². The Hall–Kier alpha value is -1.44. The van der Waals surface area contributed by atoms with Crippen LogP contribution in [0, 0.1) is 0 Å². The number of hydrogen-bond acceptors (Lipinski definition) is 4. The number of carbonyl (C=O) groups is 1. The topological polar surface area (TPSA) is 57.0 Å². The Labute approximate surface area is 82.8 Å². The van der Waals surface area contributed by atoms with Crippen LogP contribution in [0.15, 0.2) is 0 Å². The minimum absolute atomic E-state index is 0.0269. The third-order valence-corrected chi connectivity index (χ3v) is 1.65. The van der Waals surface area contributed by atoms with Gasteiger partial charge in [-0.1, -0.05) is 5.21 Å². The second-order valence-electron chi connectivity index (χ2n) is 2.65. The molecule has 0 spiro atoms. The number of aromatic nitrogens is 3. The number of ether oxygens (including phenoxy) is 1. The van der Waals surface area contributed by atoms with Crippen LogP contribution in [0.25, 0.3) is 0 Å². The zero-order chi connectivity index (χ0) is 11.5. The van der Waals surface area contributed by atoms with Crippen LogP contribution < -0.4 is 0 Å². The molecule has 0 bridgehead atoms. The molecular weight excluding hydrogens is 215 g/mol. The Morgan fingerprint density at radius 1 is 1.53 bits per heavy atom. The molecule has 0 aliphatic carbocycles. The van der Waals surface area contributed by atoms with E-state index in [4.69, 9.17) is 0 Å². The number of carbonyl (C=O) groups excluding carboxylic acids is 1. The van der Waals surface area contributed by atoms with Crippen LogP contribution >= 0.6 is 0 Å². The maximum atomic E-state index is 12.5. The van der Waals surface area contributed by atoms with Gasteiger partial charge in [0.1, 0.15) is 0 Å². The van der Waals surface area contributed by atoms with Crippen molar-refractivity contribution in [2.45, 2.75) is 12.7 Å². The van der Waals surface area contributed by atoms with E-state index in [0.29, 0.717) is 4.68 Å². The van der Waals surface area contributed by atoms with E-state index >= 15 is 0 Å². The molecule has 0 N–H and O–H groups in total. The monoisotopic (exact) mass is 223 g/mol. The first kappa shape index (κ1) is 11.6. The highest BCUT2D eigenvalue weighted by Gasteiger charge is 2.39. The summed E-state index contributed by atoms with van der Waals surface area (Å²) in [7, 11) is 1.35. The van der Waals surface area contributed by atoms with Gasteiger partial charge in [-0.05, 0) is 0 Å². The summed E-state index contributed by atoms with van der Waals surface area (Å²) in [5, 5.41) is 6.35. The van der Waals surface area contributed by atoms with E-state index in [0.717, 1.165) is 0 Å². The first-order valence-electron chi connectivity index (χ1n) is 3.95. The Morgan fingerprint density at radius 2 is 2.20 bits per heavy atom. The van der Waals surface area contributed by atoms with Gasteiger partial charge in [0.25, 0.3) is 0 Å². The second kappa shape index (κ2) is 4.39. The molecule has 1 aromatic heterocycles.